The molecule has 2 aromatic carbocycles. The van der Waals surface area contributed by atoms with Crippen molar-refractivity contribution in [2.45, 2.75) is 6.54 Å². The molecule has 5 heteroatoms. The van der Waals surface area contributed by atoms with Gasteiger partial charge in [-0.1, -0.05) is 18.2 Å². The molecule has 1 aliphatic heterocycles. The Kier molecular flexibility index (Phi) is 3.25. The summed E-state index contributed by atoms with van der Waals surface area (Å²) in [6.45, 7) is 0.612. The first kappa shape index (κ1) is 12.5. The van der Waals surface area contributed by atoms with E-state index < -0.39 is 0 Å². The molecule has 2 aromatic rings. The Morgan fingerprint density at radius 2 is 2.10 bits per heavy atom. The molecule has 4 nitrogen and oxygen atoms in total. The van der Waals surface area contributed by atoms with Crippen LogP contribution in [0.5, 0.6) is 5.75 Å². The molecule has 0 fully saturated rings. The van der Waals surface area contributed by atoms with E-state index in [-0.39, 0.29) is 12.4 Å². The predicted octanol–water partition coefficient (Wildman–Crippen LogP) is 2.81. The number of hydrogen-bond donors (Lipinski definition) is 2. The van der Waals surface area contributed by atoms with Crippen molar-refractivity contribution in [2.24, 2.45) is 4.99 Å². The summed E-state index contributed by atoms with van der Waals surface area (Å²) in [6.07, 6.45) is 0. The molecule has 20 heavy (non-hydrogen) atoms. The molecule has 0 radical (unpaired) electrons. The largest absolute Gasteiger partial charge is 0.484 e. The maximum Gasteiger partial charge on any atom is 0.146 e. The summed E-state index contributed by atoms with van der Waals surface area (Å²) in [7, 11) is 0. The lowest BCUT2D eigenvalue weighted by atomic mass is 10.2. The Balaban J connectivity index is 1.76. The number of nitrogen functional groups attached to an aromatic ring is 1. The van der Waals surface area contributed by atoms with Gasteiger partial charge >= 0.3 is 0 Å². The minimum Gasteiger partial charge on any atom is -0.484 e. The number of fused-ring (bicyclic) bond motifs is 1. The van der Waals surface area contributed by atoms with Crippen LogP contribution in [0, 0.1) is 5.82 Å². The molecule has 1 heterocycles. The number of aliphatic imine (C=N–C) groups is 1. The van der Waals surface area contributed by atoms with Crippen LogP contribution in [0.3, 0.4) is 0 Å². The molecule has 3 rings (SSSR count). The first-order valence-electron chi connectivity index (χ1n) is 6.28. The summed E-state index contributed by atoms with van der Waals surface area (Å²) in [5.41, 5.74) is 7.71. The monoisotopic (exact) mass is 271 g/mol. The van der Waals surface area contributed by atoms with E-state index in [4.69, 9.17) is 10.5 Å². The second-order valence-electron chi connectivity index (χ2n) is 4.52. The van der Waals surface area contributed by atoms with E-state index in [0.29, 0.717) is 23.7 Å². The average molecular weight is 271 g/mol. The van der Waals surface area contributed by atoms with Gasteiger partial charge in [0.2, 0.25) is 0 Å². The van der Waals surface area contributed by atoms with Crippen molar-refractivity contribution >= 4 is 17.2 Å². The summed E-state index contributed by atoms with van der Waals surface area (Å²) in [4.78, 5) is 4.34. The van der Waals surface area contributed by atoms with Crippen LogP contribution < -0.4 is 15.8 Å². The third-order valence-corrected chi connectivity index (χ3v) is 3.05. The second-order valence-corrected chi connectivity index (χ2v) is 4.52. The van der Waals surface area contributed by atoms with E-state index in [1.807, 2.05) is 6.07 Å². The van der Waals surface area contributed by atoms with Crippen molar-refractivity contribution in [1.29, 1.82) is 0 Å². The molecule has 0 amide bonds. The fourth-order valence-corrected chi connectivity index (χ4v) is 2.00. The Morgan fingerprint density at radius 1 is 1.25 bits per heavy atom. The van der Waals surface area contributed by atoms with Gasteiger partial charge in [-0.2, -0.15) is 0 Å². The predicted molar refractivity (Wildman–Crippen MR) is 77.5 cm³/mol. The minimum absolute atomic E-state index is 0.252. The highest BCUT2D eigenvalue weighted by atomic mass is 19.1. The van der Waals surface area contributed by atoms with Crippen molar-refractivity contribution in [3.63, 3.8) is 0 Å². The fraction of sp³-hybridized carbons (Fsp3) is 0.133. The number of nitrogens with zero attached hydrogens (tertiary/aromatic N) is 1. The van der Waals surface area contributed by atoms with E-state index in [0.717, 1.165) is 11.4 Å². The molecule has 0 bridgehead atoms. The van der Waals surface area contributed by atoms with Crippen molar-refractivity contribution in [1.82, 2.24) is 0 Å². The van der Waals surface area contributed by atoms with Gasteiger partial charge in [0.25, 0.3) is 0 Å². The highest BCUT2D eigenvalue weighted by molar-refractivity contribution is 5.99. The van der Waals surface area contributed by atoms with Crippen LogP contribution in [0.1, 0.15) is 5.56 Å². The first-order valence-corrected chi connectivity index (χ1v) is 6.28. The fourth-order valence-electron chi connectivity index (χ4n) is 2.00. The molecule has 1 aliphatic rings. The van der Waals surface area contributed by atoms with E-state index in [1.165, 1.54) is 6.07 Å². The molecule has 3 N–H and O–H groups in total. The third-order valence-electron chi connectivity index (χ3n) is 3.05. The summed E-state index contributed by atoms with van der Waals surface area (Å²) >= 11 is 0. The average Bonchev–Trinajstić information content (AvgIpc) is 2.46. The normalized spacial score (nSPS) is 15.3. The van der Waals surface area contributed by atoms with E-state index in [2.05, 4.69) is 10.3 Å². The van der Waals surface area contributed by atoms with Crippen molar-refractivity contribution in [3.05, 3.63) is 53.8 Å². The summed E-state index contributed by atoms with van der Waals surface area (Å²) in [5.74, 6) is 1.15. The lowest BCUT2D eigenvalue weighted by Crippen LogP contribution is -2.26. The Hall–Kier alpha value is -2.56. The quantitative estimate of drug-likeness (QED) is 0.826. The van der Waals surface area contributed by atoms with Crippen molar-refractivity contribution in [2.75, 3.05) is 17.7 Å². The van der Waals surface area contributed by atoms with Crippen LogP contribution >= 0.6 is 0 Å². The number of amidine groups is 1. The van der Waals surface area contributed by atoms with Crippen LogP contribution in [0.15, 0.2) is 47.5 Å². The maximum absolute atomic E-state index is 13.5. The molecular formula is C15H14FN3O. The smallest absolute Gasteiger partial charge is 0.146 e. The SMILES string of the molecule is Nc1ccc2c(c1)NC(=NCc1ccccc1F)CO2. The second kappa shape index (κ2) is 5.21. The van der Waals surface area contributed by atoms with Gasteiger partial charge in [-0.05, 0) is 24.3 Å². The van der Waals surface area contributed by atoms with Crippen LogP contribution in [-0.4, -0.2) is 12.4 Å². The molecule has 0 saturated carbocycles. The molecule has 0 aromatic heterocycles. The molecule has 0 atom stereocenters. The van der Waals surface area contributed by atoms with Gasteiger partial charge < -0.3 is 15.8 Å². The number of nitrogens with one attached hydrogen (secondary N) is 1. The zero-order valence-electron chi connectivity index (χ0n) is 10.8. The number of nitrogens with two attached hydrogens (primary N) is 1. The topological polar surface area (TPSA) is 59.6 Å². The Labute approximate surface area is 116 Å². The standard InChI is InChI=1S/C15H14FN3O/c16-12-4-2-1-3-10(12)8-18-15-9-20-14-6-5-11(17)7-13(14)19-15/h1-7H,8-9,17H2,(H,18,19). The molecule has 102 valence electrons. The van der Waals surface area contributed by atoms with Crippen LogP contribution in [0.4, 0.5) is 15.8 Å². The number of halogens is 1. The summed E-state index contributed by atoms with van der Waals surface area (Å²) in [5, 5.41) is 3.15. The zero-order valence-corrected chi connectivity index (χ0v) is 10.8. The number of ether oxygens (including phenoxy) is 1. The van der Waals surface area contributed by atoms with Crippen molar-refractivity contribution in [3.8, 4) is 5.75 Å². The number of hydrogen-bond acceptors (Lipinski definition) is 3. The lowest BCUT2D eigenvalue weighted by Gasteiger charge is -2.21. The zero-order chi connectivity index (χ0) is 13.9. The first-order chi connectivity index (χ1) is 9.72. The van der Waals surface area contributed by atoms with Gasteiger partial charge in [-0.3, -0.25) is 4.99 Å². The van der Waals surface area contributed by atoms with Crippen molar-refractivity contribution < 1.29 is 9.13 Å². The molecule has 0 aliphatic carbocycles. The number of anilines is 2. The van der Waals surface area contributed by atoms with Crippen LogP contribution in [0.25, 0.3) is 0 Å². The lowest BCUT2D eigenvalue weighted by molar-refractivity contribution is 0.372. The van der Waals surface area contributed by atoms with Crippen LogP contribution in [-0.2, 0) is 6.54 Å². The van der Waals surface area contributed by atoms with Gasteiger partial charge in [0.15, 0.2) is 0 Å². The van der Waals surface area contributed by atoms with Gasteiger partial charge in [0.1, 0.15) is 24.0 Å². The maximum atomic E-state index is 13.5. The third kappa shape index (κ3) is 2.56. The highest BCUT2D eigenvalue weighted by Crippen LogP contribution is 2.29. The Morgan fingerprint density at radius 3 is 2.95 bits per heavy atom. The summed E-state index contributed by atoms with van der Waals surface area (Å²) < 4.78 is 19.1. The Bertz CT molecular complexity index is 670. The molecule has 0 spiro atoms. The van der Waals surface area contributed by atoms with Gasteiger partial charge in [-0.25, -0.2) is 4.39 Å². The van der Waals surface area contributed by atoms with Gasteiger partial charge in [0.05, 0.1) is 12.2 Å². The molecule has 0 unspecified atom stereocenters. The van der Waals surface area contributed by atoms with Gasteiger partial charge in [0, 0.05) is 11.3 Å². The molecular weight excluding hydrogens is 257 g/mol. The number of benzene rings is 2. The van der Waals surface area contributed by atoms with Crippen LogP contribution in [0.2, 0.25) is 0 Å². The van der Waals surface area contributed by atoms with E-state index >= 15 is 0 Å². The van der Waals surface area contributed by atoms with E-state index in [1.54, 1.807) is 30.3 Å². The minimum atomic E-state index is -0.252. The summed E-state index contributed by atoms with van der Waals surface area (Å²) in [6, 6.07) is 12.0. The van der Waals surface area contributed by atoms with Gasteiger partial charge in [-0.15, -0.1) is 0 Å². The number of rotatable bonds is 2. The molecule has 0 saturated heterocycles. The highest BCUT2D eigenvalue weighted by Gasteiger charge is 2.14. The van der Waals surface area contributed by atoms with E-state index in [9.17, 15) is 4.39 Å².